The topological polar surface area (TPSA) is 9.23 Å². The molecule has 0 aliphatic carbocycles. The molecule has 0 radical (unpaired) electrons. The van der Waals surface area contributed by atoms with Crippen molar-refractivity contribution in [1.82, 2.24) is 0 Å². The lowest BCUT2D eigenvalue weighted by atomic mass is 10.3. The molecule has 0 saturated carbocycles. The summed E-state index contributed by atoms with van der Waals surface area (Å²) < 4.78 is 5.93. The molecule has 0 aromatic carbocycles. The molecule has 0 amide bonds. The van der Waals surface area contributed by atoms with E-state index in [4.69, 9.17) is 4.74 Å². The van der Waals surface area contributed by atoms with Crippen molar-refractivity contribution in [2.75, 3.05) is 12.8 Å². The highest BCUT2D eigenvalue weighted by molar-refractivity contribution is 6.83. The second-order valence-electron chi connectivity index (χ2n) is 5.68. The molecule has 0 aromatic rings. The van der Waals surface area contributed by atoms with Crippen LogP contribution in [-0.4, -0.2) is 20.9 Å². The van der Waals surface area contributed by atoms with Gasteiger partial charge >= 0.3 is 0 Å². The largest absolute Gasteiger partial charge is 0.385 e. The van der Waals surface area contributed by atoms with Crippen LogP contribution in [0.25, 0.3) is 0 Å². The summed E-state index contributed by atoms with van der Waals surface area (Å²) in [7, 11) is -1.35. The van der Waals surface area contributed by atoms with Gasteiger partial charge in [-0.2, -0.15) is 0 Å². The second kappa shape index (κ2) is 8.31. The molecule has 1 nitrogen and oxygen atoms in total. The number of rotatable bonds is 9. The van der Waals surface area contributed by atoms with Crippen LogP contribution in [0.4, 0.5) is 0 Å². The van der Waals surface area contributed by atoms with E-state index in [0.717, 1.165) is 29.5 Å². The zero-order valence-corrected chi connectivity index (χ0v) is 14.2. The summed E-state index contributed by atoms with van der Waals surface area (Å²) in [6, 6.07) is 0. The molecular formula is C15H34OSi. The Morgan fingerprint density at radius 2 is 1.12 bits per heavy atom. The Morgan fingerprint density at radius 3 is 1.35 bits per heavy atom. The third-order valence-electron chi connectivity index (χ3n) is 5.15. The fraction of sp³-hybridized carbons (Fsp3) is 1.00. The van der Waals surface area contributed by atoms with Gasteiger partial charge in [0.15, 0.2) is 0 Å². The summed E-state index contributed by atoms with van der Waals surface area (Å²) in [5, 5.41) is 0. The molecule has 0 spiro atoms. The smallest absolute Gasteiger partial charge is 0.0920 e. The van der Waals surface area contributed by atoms with E-state index in [0.29, 0.717) is 0 Å². The molecule has 0 saturated heterocycles. The number of hydrogen-bond acceptors (Lipinski definition) is 1. The molecule has 0 N–H and O–H groups in total. The number of hydrogen-bond donors (Lipinski definition) is 0. The fourth-order valence-corrected chi connectivity index (χ4v) is 9.91. The van der Waals surface area contributed by atoms with Crippen molar-refractivity contribution in [3.8, 4) is 0 Å². The van der Waals surface area contributed by atoms with Crippen LogP contribution in [0.15, 0.2) is 0 Å². The van der Waals surface area contributed by atoms with Gasteiger partial charge < -0.3 is 4.74 Å². The van der Waals surface area contributed by atoms with Gasteiger partial charge in [0, 0.05) is 12.8 Å². The van der Waals surface area contributed by atoms with E-state index in [2.05, 4.69) is 48.5 Å². The predicted octanol–water partition coefficient (Wildman–Crippen LogP) is 5.41. The van der Waals surface area contributed by atoms with Gasteiger partial charge in [-0.3, -0.25) is 0 Å². The molecule has 3 atom stereocenters. The Kier molecular flexibility index (Phi) is 8.40. The molecule has 104 valence electrons. The monoisotopic (exact) mass is 258 g/mol. The summed E-state index contributed by atoms with van der Waals surface area (Å²) in [5.74, 6) is 0. The Bertz CT molecular complexity index is 167. The van der Waals surface area contributed by atoms with E-state index in [1.165, 1.54) is 19.3 Å². The van der Waals surface area contributed by atoms with Crippen molar-refractivity contribution in [3.63, 3.8) is 0 Å². The van der Waals surface area contributed by atoms with Crippen LogP contribution < -0.4 is 0 Å². The van der Waals surface area contributed by atoms with Crippen molar-refractivity contribution in [1.29, 1.82) is 0 Å². The van der Waals surface area contributed by atoms with Crippen LogP contribution in [-0.2, 0) is 4.74 Å². The molecular weight excluding hydrogens is 224 g/mol. The van der Waals surface area contributed by atoms with Crippen LogP contribution in [0, 0.1) is 0 Å². The van der Waals surface area contributed by atoms with Crippen molar-refractivity contribution in [3.05, 3.63) is 0 Å². The minimum atomic E-state index is -1.35. The van der Waals surface area contributed by atoms with Crippen molar-refractivity contribution >= 4 is 8.07 Å². The highest BCUT2D eigenvalue weighted by Gasteiger charge is 2.46. The average molecular weight is 259 g/mol. The molecule has 0 rings (SSSR count). The first-order chi connectivity index (χ1) is 8.00. The summed E-state index contributed by atoms with van der Waals surface area (Å²) in [4.78, 5) is 0. The van der Waals surface area contributed by atoms with E-state index in [-0.39, 0.29) is 0 Å². The maximum Gasteiger partial charge on any atom is 0.0920 e. The molecule has 0 fully saturated rings. The van der Waals surface area contributed by atoms with Crippen molar-refractivity contribution in [2.45, 2.75) is 84.4 Å². The molecule has 0 aromatic heterocycles. The van der Waals surface area contributed by atoms with E-state index >= 15 is 0 Å². The van der Waals surface area contributed by atoms with Gasteiger partial charge in [0.05, 0.1) is 8.07 Å². The van der Waals surface area contributed by atoms with Crippen LogP contribution >= 0.6 is 0 Å². The minimum absolute atomic E-state index is 0.873. The van der Waals surface area contributed by atoms with Gasteiger partial charge in [-0.1, -0.05) is 60.8 Å². The third kappa shape index (κ3) is 3.82. The SMILES string of the molecule is CCOC[Si](C(C)CC)(C(C)CC)C(C)CC. The Labute approximate surface area is 110 Å². The molecule has 17 heavy (non-hydrogen) atoms. The molecule has 0 aliphatic rings. The summed E-state index contributed by atoms with van der Waals surface area (Å²) in [5.41, 5.74) is 2.62. The normalized spacial score (nSPS) is 20.6. The highest BCUT2D eigenvalue weighted by Crippen LogP contribution is 2.46. The fourth-order valence-electron chi connectivity index (χ4n) is 3.30. The molecule has 0 aliphatic heterocycles. The van der Waals surface area contributed by atoms with E-state index in [1.807, 2.05) is 0 Å². The van der Waals surface area contributed by atoms with Crippen LogP contribution in [0.5, 0.6) is 0 Å². The zero-order chi connectivity index (χ0) is 13.5. The Morgan fingerprint density at radius 1 is 0.765 bits per heavy atom. The van der Waals surface area contributed by atoms with Gasteiger partial charge in [-0.05, 0) is 23.5 Å². The van der Waals surface area contributed by atoms with Gasteiger partial charge in [-0.25, -0.2) is 0 Å². The lowest BCUT2D eigenvalue weighted by Crippen LogP contribution is -2.51. The van der Waals surface area contributed by atoms with Gasteiger partial charge in [-0.15, -0.1) is 0 Å². The van der Waals surface area contributed by atoms with Gasteiger partial charge in [0.25, 0.3) is 0 Å². The predicted molar refractivity (Wildman–Crippen MR) is 81.4 cm³/mol. The lowest BCUT2D eigenvalue weighted by molar-refractivity contribution is 0.183. The third-order valence-corrected chi connectivity index (χ3v) is 12.6. The molecule has 0 bridgehead atoms. The standard InChI is InChI=1S/C15H34OSi/c1-8-13(5)17(12-16-11-4,14(6)9-2)15(7)10-3/h13-15H,8-12H2,1-7H3. The van der Waals surface area contributed by atoms with E-state index in [9.17, 15) is 0 Å². The second-order valence-corrected chi connectivity index (χ2v) is 11.1. The first-order valence-electron chi connectivity index (χ1n) is 7.58. The van der Waals surface area contributed by atoms with Crippen molar-refractivity contribution in [2.24, 2.45) is 0 Å². The van der Waals surface area contributed by atoms with Crippen LogP contribution in [0.2, 0.25) is 16.6 Å². The molecule has 2 heteroatoms. The van der Waals surface area contributed by atoms with Crippen molar-refractivity contribution < 1.29 is 4.74 Å². The van der Waals surface area contributed by atoms with Gasteiger partial charge in [0.1, 0.15) is 0 Å². The van der Waals surface area contributed by atoms with Crippen LogP contribution in [0.3, 0.4) is 0 Å². The Hall–Kier alpha value is 0.177. The first kappa shape index (κ1) is 17.2. The highest BCUT2D eigenvalue weighted by atomic mass is 28.3. The Balaban J connectivity index is 5.19. The zero-order valence-electron chi connectivity index (χ0n) is 13.2. The quantitative estimate of drug-likeness (QED) is 0.502. The summed E-state index contributed by atoms with van der Waals surface area (Å²) >= 11 is 0. The molecule has 3 unspecified atom stereocenters. The molecule has 0 heterocycles. The van der Waals surface area contributed by atoms with Gasteiger partial charge in [0.2, 0.25) is 0 Å². The van der Waals surface area contributed by atoms with E-state index < -0.39 is 8.07 Å². The maximum absolute atomic E-state index is 5.93. The van der Waals surface area contributed by atoms with E-state index in [1.54, 1.807) is 0 Å². The summed E-state index contributed by atoms with van der Waals surface area (Å²) in [6.45, 7) is 17.5. The summed E-state index contributed by atoms with van der Waals surface area (Å²) in [6.07, 6.45) is 5.01. The lowest BCUT2D eigenvalue weighted by Gasteiger charge is -2.46. The maximum atomic E-state index is 5.93. The van der Waals surface area contributed by atoms with Crippen LogP contribution in [0.1, 0.15) is 67.7 Å². The average Bonchev–Trinajstić information content (AvgIpc) is 2.37. The minimum Gasteiger partial charge on any atom is -0.385 e. The first-order valence-corrected chi connectivity index (χ1v) is 10.0. The number of ether oxygens (including phenoxy) is 1.